The number of carbonyl (C=O) groups is 1. The van der Waals surface area contributed by atoms with Crippen LogP contribution in [0.1, 0.15) is 16.8 Å². The van der Waals surface area contributed by atoms with Crippen molar-refractivity contribution in [1.29, 1.82) is 0 Å². The molecule has 5 heteroatoms. The molecule has 0 bridgehead atoms. The predicted molar refractivity (Wildman–Crippen MR) is 74.3 cm³/mol. The number of hydrogen-bond acceptors (Lipinski definition) is 4. The minimum atomic E-state index is -0.947. The van der Waals surface area contributed by atoms with Gasteiger partial charge in [0.2, 0.25) is 0 Å². The monoisotopic (exact) mass is 251 g/mol. The molecule has 1 aromatic carbocycles. The topological polar surface area (TPSA) is 69.8 Å². The van der Waals surface area contributed by atoms with Crippen molar-refractivity contribution >= 4 is 17.3 Å². The summed E-state index contributed by atoms with van der Waals surface area (Å²) >= 11 is 0. The molecule has 18 heavy (non-hydrogen) atoms. The van der Waals surface area contributed by atoms with Gasteiger partial charge in [-0.05, 0) is 45.3 Å². The summed E-state index contributed by atoms with van der Waals surface area (Å²) in [6.07, 6.45) is 0.979. The lowest BCUT2D eigenvalue weighted by Crippen LogP contribution is -2.24. The van der Waals surface area contributed by atoms with Gasteiger partial charge in [-0.1, -0.05) is 0 Å². The van der Waals surface area contributed by atoms with Crippen LogP contribution in [0.25, 0.3) is 0 Å². The van der Waals surface area contributed by atoms with E-state index < -0.39 is 5.97 Å². The first kappa shape index (κ1) is 14.3. The number of nitrogens with two attached hydrogens (primary N) is 1. The Morgan fingerprint density at radius 1 is 1.28 bits per heavy atom. The fraction of sp³-hybridized carbons (Fsp3) is 0.462. The lowest BCUT2D eigenvalue weighted by atomic mass is 10.1. The lowest BCUT2D eigenvalue weighted by Gasteiger charge is -2.22. The predicted octanol–water partition coefficient (Wildman–Crippen LogP) is 1.35. The van der Waals surface area contributed by atoms with Gasteiger partial charge in [-0.25, -0.2) is 4.79 Å². The van der Waals surface area contributed by atoms with Gasteiger partial charge < -0.3 is 20.6 Å². The van der Waals surface area contributed by atoms with Crippen molar-refractivity contribution in [3.63, 3.8) is 0 Å². The zero-order valence-electron chi connectivity index (χ0n) is 11.2. The average Bonchev–Trinajstić information content (AvgIpc) is 2.28. The molecule has 0 aliphatic carbocycles. The molecule has 0 aliphatic rings. The Morgan fingerprint density at radius 3 is 2.50 bits per heavy atom. The molecule has 3 N–H and O–H groups in total. The number of carboxylic acid groups (broad SMARTS) is 1. The third kappa shape index (κ3) is 3.92. The Morgan fingerprint density at radius 2 is 1.94 bits per heavy atom. The molecule has 1 aromatic rings. The van der Waals surface area contributed by atoms with E-state index in [9.17, 15) is 4.79 Å². The number of carboxylic acids is 1. The van der Waals surface area contributed by atoms with E-state index in [4.69, 9.17) is 10.8 Å². The highest BCUT2D eigenvalue weighted by Gasteiger charge is 2.13. The minimum Gasteiger partial charge on any atom is -0.478 e. The highest BCUT2D eigenvalue weighted by molar-refractivity contribution is 5.95. The number of aromatic carboxylic acids is 1. The standard InChI is InChI=1S/C13H21N3O2/c1-15(2)7-4-8-16(3)12-6-5-10(14)9-11(12)13(17)18/h5-6,9H,4,7-8,14H2,1-3H3,(H,17,18). The van der Waals surface area contributed by atoms with E-state index in [0.717, 1.165) is 19.5 Å². The second kappa shape index (κ2) is 6.26. The summed E-state index contributed by atoms with van der Waals surface area (Å²) in [6, 6.07) is 4.98. The Kier molecular flexibility index (Phi) is 4.97. The molecule has 0 fully saturated rings. The summed E-state index contributed by atoms with van der Waals surface area (Å²) in [6.45, 7) is 1.78. The second-order valence-corrected chi connectivity index (χ2v) is 4.66. The number of nitrogens with zero attached hydrogens (tertiary/aromatic N) is 2. The largest absolute Gasteiger partial charge is 0.478 e. The van der Waals surface area contributed by atoms with E-state index in [1.165, 1.54) is 6.07 Å². The molecule has 100 valence electrons. The number of benzene rings is 1. The molecule has 0 aliphatic heterocycles. The molecular weight excluding hydrogens is 230 g/mol. The lowest BCUT2D eigenvalue weighted by molar-refractivity contribution is 0.0697. The van der Waals surface area contributed by atoms with Gasteiger partial charge in [0, 0.05) is 19.3 Å². The van der Waals surface area contributed by atoms with Crippen LogP contribution >= 0.6 is 0 Å². The number of nitrogen functional groups attached to an aromatic ring is 1. The van der Waals surface area contributed by atoms with Crippen molar-refractivity contribution in [2.24, 2.45) is 0 Å². The van der Waals surface area contributed by atoms with Gasteiger partial charge in [0.25, 0.3) is 0 Å². The molecule has 0 radical (unpaired) electrons. The van der Waals surface area contributed by atoms with Gasteiger partial charge in [-0.3, -0.25) is 0 Å². The zero-order chi connectivity index (χ0) is 13.7. The SMILES string of the molecule is CN(C)CCCN(C)c1ccc(N)cc1C(=O)O. The van der Waals surface area contributed by atoms with Gasteiger partial charge in [0.05, 0.1) is 11.3 Å². The fourth-order valence-electron chi connectivity index (χ4n) is 1.80. The minimum absolute atomic E-state index is 0.252. The van der Waals surface area contributed by atoms with E-state index in [1.807, 2.05) is 26.0 Å². The molecule has 5 nitrogen and oxygen atoms in total. The average molecular weight is 251 g/mol. The molecule has 0 spiro atoms. The highest BCUT2D eigenvalue weighted by Crippen LogP contribution is 2.22. The van der Waals surface area contributed by atoms with E-state index in [1.54, 1.807) is 12.1 Å². The number of rotatable bonds is 6. The molecule has 0 unspecified atom stereocenters. The summed E-state index contributed by atoms with van der Waals surface area (Å²) in [4.78, 5) is 15.2. The van der Waals surface area contributed by atoms with E-state index in [2.05, 4.69) is 4.90 Å². The van der Waals surface area contributed by atoms with Gasteiger partial charge in [-0.15, -0.1) is 0 Å². The number of anilines is 2. The summed E-state index contributed by atoms with van der Waals surface area (Å²) in [7, 11) is 5.94. The van der Waals surface area contributed by atoms with Crippen LogP contribution in [0, 0.1) is 0 Å². The van der Waals surface area contributed by atoms with Crippen molar-refractivity contribution in [3.05, 3.63) is 23.8 Å². The van der Waals surface area contributed by atoms with E-state index in [-0.39, 0.29) is 5.56 Å². The van der Waals surface area contributed by atoms with Crippen LogP contribution in [0.4, 0.5) is 11.4 Å². The Hall–Kier alpha value is -1.75. The molecule has 0 heterocycles. The third-order valence-electron chi connectivity index (χ3n) is 2.76. The first-order valence-corrected chi connectivity index (χ1v) is 5.90. The quantitative estimate of drug-likeness (QED) is 0.747. The molecule has 0 atom stereocenters. The zero-order valence-corrected chi connectivity index (χ0v) is 11.2. The molecule has 1 rings (SSSR count). The van der Waals surface area contributed by atoms with E-state index >= 15 is 0 Å². The van der Waals surface area contributed by atoms with E-state index in [0.29, 0.717) is 11.4 Å². The van der Waals surface area contributed by atoms with Crippen molar-refractivity contribution in [2.75, 3.05) is 44.9 Å². The van der Waals surface area contributed by atoms with Crippen LogP contribution in [-0.2, 0) is 0 Å². The summed E-state index contributed by atoms with van der Waals surface area (Å²) < 4.78 is 0. The van der Waals surface area contributed by atoms with Crippen LogP contribution in [-0.4, -0.2) is 50.2 Å². The van der Waals surface area contributed by atoms with Crippen molar-refractivity contribution in [3.8, 4) is 0 Å². The van der Waals surface area contributed by atoms with Crippen LogP contribution in [0.15, 0.2) is 18.2 Å². The van der Waals surface area contributed by atoms with Gasteiger partial charge in [0.15, 0.2) is 0 Å². The third-order valence-corrected chi connectivity index (χ3v) is 2.76. The summed E-state index contributed by atoms with van der Waals surface area (Å²) in [5.74, 6) is -0.947. The van der Waals surface area contributed by atoms with Crippen LogP contribution in [0.2, 0.25) is 0 Å². The molecular formula is C13H21N3O2. The first-order chi connectivity index (χ1) is 8.41. The van der Waals surface area contributed by atoms with Gasteiger partial charge >= 0.3 is 5.97 Å². The van der Waals surface area contributed by atoms with Crippen molar-refractivity contribution in [1.82, 2.24) is 4.90 Å². The maximum atomic E-state index is 11.2. The molecule has 0 amide bonds. The summed E-state index contributed by atoms with van der Waals surface area (Å²) in [5.41, 5.74) is 7.04. The van der Waals surface area contributed by atoms with Crippen LogP contribution < -0.4 is 10.6 Å². The van der Waals surface area contributed by atoms with Gasteiger partial charge in [0.1, 0.15) is 0 Å². The van der Waals surface area contributed by atoms with Crippen molar-refractivity contribution < 1.29 is 9.90 Å². The van der Waals surface area contributed by atoms with Crippen LogP contribution in [0.3, 0.4) is 0 Å². The molecule has 0 saturated heterocycles. The molecule has 0 aromatic heterocycles. The van der Waals surface area contributed by atoms with Crippen molar-refractivity contribution in [2.45, 2.75) is 6.42 Å². The van der Waals surface area contributed by atoms with Gasteiger partial charge in [-0.2, -0.15) is 0 Å². The smallest absolute Gasteiger partial charge is 0.337 e. The highest BCUT2D eigenvalue weighted by atomic mass is 16.4. The second-order valence-electron chi connectivity index (χ2n) is 4.66. The number of hydrogen-bond donors (Lipinski definition) is 2. The maximum Gasteiger partial charge on any atom is 0.337 e. The molecule has 0 saturated carbocycles. The Balaban J connectivity index is 2.78. The Bertz CT molecular complexity index is 419. The summed E-state index contributed by atoms with van der Waals surface area (Å²) in [5, 5.41) is 9.16. The first-order valence-electron chi connectivity index (χ1n) is 5.90. The normalized spacial score (nSPS) is 10.7. The fourth-order valence-corrected chi connectivity index (χ4v) is 1.80. The Labute approximate surface area is 108 Å². The maximum absolute atomic E-state index is 11.2. The van der Waals surface area contributed by atoms with Crippen LogP contribution in [0.5, 0.6) is 0 Å².